The minimum atomic E-state index is -0.914. The summed E-state index contributed by atoms with van der Waals surface area (Å²) in [5, 5.41) is 0. The molecule has 0 spiro atoms. The zero-order valence-corrected chi connectivity index (χ0v) is 11.1. The quantitative estimate of drug-likeness (QED) is 0.604. The van der Waals surface area contributed by atoms with Gasteiger partial charge in [0, 0.05) is 13.6 Å². The van der Waals surface area contributed by atoms with E-state index >= 15 is 0 Å². The number of benzene rings is 1. The van der Waals surface area contributed by atoms with Crippen molar-refractivity contribution >= 4 is 11.9 Å². The Hall–Kier alpha value is -2.11. The maximum Gasteiger partial charge on any atom is 0.396 e. The molecule has 1 aromatic carbocycles. The van der Waals surface area contributed by atoms with E-state index in [1.54, 1.807) is 6.07 Å². The number of carbonyl (C=O) groups is 2. The highest BCUT2D eigenvalue weighted by atomic mass is 19.1. The monoisotopic (exact) mass is 269 g/mol. The van der Waals surface area contributed by atoms with Gasteiger partial charge in [-0.2, -0.15) is 0 Å². The normalized spacial score (nSPS) is 9.89. The summed E-state index contributed by atoms with van der Waals surface area (Å²) in [5.74, 6) is -1.93. The molecule has 5 nitrogen and oxygen atoms in total. The molecule has 1 amide bonds. The summed E-state index contributed by atoms with van der Waals surface area (Å²) in [4.78, 5) is 23.7. The van der Waals surface area contributed by atoms with Gasteiger partial charge in [0.15, 0.2) is 11.6 Å². The lowest BCUT2D eigenvalue weighted by Crippen LogP contribution is -2.35. The van der Waals surface area contributed by atoms with E-state index in [0.29, 0.717) is 18.5 Å². The van der Waals surface area contributed by atoms with Crippen molar-refractivity contribution in [2.24, 2.45) is 0 Å². The van der Waals surface area contributed by atoms with Crippen LogP contribution in [-0.2, 0) is 20.7 Å². The summed E-state index contributed by atoms with van der Waals surface area (Å²) >= 11 is 0. The van der Waals surface area contributed by atoms with Gasteiger partial charge in [0.25, 0.3) is 0 Å². The van der Waals surface area contributed by atoms with Crippen LogP contribution >= 0.6 is 0 Å². The number of rotatable bonds is 4. The molecule has 104 valence electrons. The van der Waals surface area contributed by atoms with Crippen LogP contribution in [0.2, 0.25) is 0 Å². The number of esters is 1. The molecule has 0 aromatic heterocycles. The Kier molecular flexibility index (Phi) is 5.29. The summed E-state index contributed by atoms with van der Waals surface area (Å²) in [5.41, 5.74) is 0.711. The molecular weight excluding hydrogens is 253 g/mol. The fourth-order valence-corrected chi connectivity index (χ4v) is 1.51. The molecule has 0 saturated heterocycles. The fraction of sp³-hybridized carbons (Fsp3) is 0.385. The highest BCUT2D eigenvalue weighted by Gasteiger charge is 2.18. The van der Waals surface area contributed by atoms with E-state index in [0.717, 1.165) is 7.11 Å². The van der Waals surface area contributed by atoms with Gasteiger partial charge < -0.3 is 14.4 Å². The highest BCUT2D eigenvalue weighted by Crippen LogP contribution is 2.17. The summed E-state index contributed by atoms with van der Waals surface area (Å²) in [7, 11) is 4.02. The average Bonchev–Trinajstić information content (AvgIpc) is 2.43. The van der Waals surface area contributed by atoms with E-state index in [1.807, 2.05) is 0 Å². The Labute approximate surface area is 110 Å². The second-order valence-electron chi connectivity index (χ2n) is 3.94. The van der Waals surface area contributed by atoms with Crippen LogP contribution in [-0.4, -0.2) is 44.6 Å². The Bertz CT molecular complexity index is 476. The van der Waals surface area contributed by atoms with Crippen molar-refractivity contribution in [3.63, 3.8) is 0 Å². The number of carbonyl (C=O) groups excluding carboxylic acids is 2. The minimum absolute atomic E-state index is 0.169. The third kappa shape index (κ3) is 3.94. The van der Waals surface area contributed by atoms with Crippen molar-refractivity contribution in [1.82, 2.24) is 4.90 Å². The van der Waals surface area contributed by atoms with Crippen molar-refractivity contribution in [1.29, 1.82) is 0 Å². The molecule has 1 rings (SSSR count). The second-order valence-corrected chi connectivity index (χ2v) is 3.94. The molecule has 0 radical (unpaired) electrons. The molecular formula is C13H16FNO4. The number of amides is 1. The van der Waals surface area contributed by atoms with Gasteiger partial charge in [-0.1, -0.05) is 6.07 Å². The molecule has 0 unspecified atom stereocenters. The summed E-state index contributed by atoms with van der Waals surface area (Å²) in [6.45, 7) is 0.291. The maximum atomic E-state index is 13.4. The first-order valence-corrected chi connectivity index (χ1v) is 5.65. The lowest BCUT2D eigenvalue weighted by molar-refractivity contribution is -0.157. The Balaban J connectivity index is 2.59. The molecule has 0 atom stereocenters. The lowest BCUT2D eigenvalue weighted by Gasteiger charge is -2.15. The van der Waals surface area contributed by atoms with E-state index in [4.69, 9.17) is 4.74 Å². The molecule has 0 aliphatic rings. The predicted octanol–water partition coefficient (Wildman–Crippen LogP) is 1.01. The van der Waals surface area contributed by atoms with Crippen LogP contribution in [0.1, 0.15) is 5.56 Å². The standard InChI is InChI=1S/C13H16FNO4/c1-15(12(16)13(17)19-3)7-6-9-4-5-11(18-2)10(14)8-9/h4-5,8H,6-7H2,1-3H3. The van der Waals surface area contributed by atoms with Crippen molar-refractivity contribution in [3.05, 3.63) is 29.6 Å². The van der Waals surface area contributed by atoms with Gasteiger partial charge in [0.2, 0.25) is 0 Å². The van der Waals surface area contributed by atoms with Crippen LogP contribution in [0.5, 0.6) is 5.75 Å². The molecule has 0 bridgehead atoms. The molecule has 6 heteroatoms. The topological polar surface area (TPSA) is 55.8 Å². The molecule has 0 heterocycles. The van der Waals surface area contributed by atoms with Gasteiger partial charge in [-0.15, -0.1) is 0 Å². The van der Waals surface area contributed by atoms with Crippen LogP contribution in [0.4, 0.5) is 4.39 Å². The first kappa shape index (κ1) is 14.9. The molecule has 19 heavy (non-hydrogen) atoms. The third-order valence-corrected chi connectivity index (χ3v) is 2.66. The van der Waals surface area contributed by atoms with Gasteiger partial charge in [-0.3, -0.25) is 4.79 Å². The molecule has 0 aliphatic heterocycles. The van der Waals surface area contributed by atoms with Crippen LogP contribution in [0.15, 0.2) is 18.2 Å². The van der Waals surface area contributed by atoms with Crippen LogP contribution in [0.3, 0.4) is 0 Å². The summed E-state index contributed by atoms with van der Waals surface area (Å²) in [6, 6.07) is 4.57. The molecule has 0 saturated carbocycles. The van der Waals surface area contributed by atoms with Crippen molar-refractivity contribution in [2.75, 3.05) is 27.8 Å². The van der Waals surface area contributed by atoms with Crippen molar-refractivity contribution in [2.45, 2.75) is 6.42 Å². The van der Waals surface area contributed by atoms with Gasteiger partial charge in [-0.05, 0) is 24.1 Å². The smallest absolute Gasteiger partial charge is 0.396 e. The van der Waals surface area contributed by atoms with Crippen LogP contribution in [0.25, 0.3) is 0 Å². The van der Waals surface area contributed by atoms with Crippen LogP contribution < -0.4 is 4.74 Å². The molecule has 0 fully saturated rings. The number of ether oxygens (including phenoxy) is 2. The number of likely N-dealkylation sites (N-methyl/N-ethyl adjacent to an activating group) is 1. The Morgan fingerprint density at radius 2 is 2.00 bits per heavy atom. The molecule has 1 aromatic rings. The highest BCUT2D eigenvalue weighted by molar-refractivity contribution is 6.32. The van der Waals surface area contributed by atoms with Gasteiger partial charge in [0.05, 0.1) is 14.2 Å². The number of hydrogen-bond donors (Lipinski definition) is 0. The number of methoxy groups -OCH3 is 2. The summed E-state index contributed by atoms with van der Waals surface area (Å²) < 4.78 is 22.6. The van der Waals surface area contributed by atoms with E-state index in [9.17, 15) is 14.0 Å². The lowest BCUT2D eigenvalue weighted by atomic mass is 10.1. The summed E-state index contributed by atoms with van der Waals surface area (Å²) in [6.07, 6.45) is 0.431. The third-order valence-electron chi connectivity index (χ3n) is 2.66. The Morgan fingerprint density at radius 3 is 2.53 bits per heavy atom. The van der Waals surface area contributed by atoms with E-state index in [2.05, 4.69) is 4.74 Å². The van der Waals surface area contributed by atoms with Gasteiger partial charge in [0.1, 0.15) is 0 Å². The van der Waals surface area contributed by atoms with Crippen molar-refractivity contribution in [3.8, 4) is 5.75 Å². The number of nitrogens with zero attached hydrogens (tertiary/aromatic N) is 1. The Morgan fingerprint density at radius 1 is 1.32 bits per heavy atom. The maximum absolute atomic E-state index is 13.4. The number of hydrogen-bond acceptors (Lipinski definition) is 4. The first-order chi connectivity index (χ1) is 8.99. The van der Waals surface area contributed by atoms with Gasteiger partial charge in [-0.25, -0.2) is 9.18 Å². The minimum Gasteiger partial charge on any atom is -0.494 e. The second kappa shape index (κ2) is 6.72. The average molecular weight is 269 g/mol. The van der Waals surface area contributed by atoms with E-state index < -0.39 is 17.7 Å². The SMILES string of the molecule is COC(=O)C(=O)N(C)CCc1ccc(OC)c(F)c1. The first-order valence-electron chi connectivity index (χ1n) is 5.65. The fourth-order valence-electron chi connectivity index (χ4n) is 1.51. The van der Waals surface area contributed by atoms with E-state index in [-0.39, 0.29) is 5.75 Å². The molecule has 0 aliphatic carbocycles. The van der Waals surface area contributed by atoms with Gasteiger partial charge >= 0.3 is 11.9 Å². The van der Waals surface area contributed by atoms with E-state index in [1.165, 1.54) is 31.2 Å². The largest absolute Gasteiger partial charge is 0.494 e. The zero-order valence-electron chi connectivity index (χ0n) is 11.1. The molecule has 0 N–H and O–H groups in total. The zero-order chi connectivity index (χ0) is 14.4. The van der Waals surface area contributed by atoms with Crippen LogP contribution in [0, 0.1) is 5.82 Å². The predicted molar refractivity (Wildman–Crippen MR) is 66.3 cm³/mol. The van der Waals surface area contributed by atoms with Crippen molar-refractivity contribution < 1.29 is 23.5 Å². The number of halogens is 1.